The zero-order chi connectivity index (χ0) is 21.0. The molecule has 2 aliphatic rings. The molecule has 0 amide bonds. The van der Waals surface area contributed by atoms with Crippen LogP contribution in [-0.4, -0.2) is 57.8 Å². The van der Waals surface area contributed by atoms with Crippen molar-refractivity contribution in [1.29, 1.82) is 0 Å². The Kier molecular flexibility index (Phi) is 5.86. The lowest BCUT2D eigenvalue weighted by atomic mass is 9.69. The lowest BCUT2D eigenvalue weighted by molar-refractivity contribution is -0.168. The number of esters is 2. The van der Waals surface area contributed by atoms with E-state index in [9.17, 15) is 9.59 Å². The minimum Gasteiger partial charge on any atom is -0.463 e. The number of tetrazole rings is 1. The first kappa shape index (κ1) is 17.1. The van der Waals surface area contributed by atoms with Crippen LogP contribution < -0.4 is 5.32 Å². The van der Waals surface area contributed by atoms with Crippen LogP contribution in [0, 0.1) is 17.8 Å². The van der Waals surface area contributed by atoms with Crippen LogP contribution in [0.3, 0.4) is 0 Å². The fourth-order valence-electron chi connectivity index (χ4n) is 3.98. The van der Waals surface area contributed by atoms with E-state index in [1.807, 2.05) is 0 Å². The first-order chi connectivity index (χ1) is 13.8. The number of fused-ring (bicyclic) bond motifs is 1. The van der Waals surface area contributed by atoms with Crippen LogP contribution in [0.4, 0.5) is 0 Å². The molecule has 0 bridgehead atoms. The lowest BCUT2D eigenvalue weighted by Gasteiger charge is -2.42. The average molecular weight is 381 g/mol. The summed E-state index contributed by atoms with van der Waals surface area (Å²) in [7, 11) is 0. The van der Waals surface area contributed by atoms with Crippen LogP contribution in [0.25, 0.3) is 0 Å². The minimum absolute atomic E-state index is 0.0747. The Morgan fingerprint density at radius 1 is 1.33 bits per heavy atom. The van der Waals surface area contributed by atoms with E-state index < -0.39 is 30.6 Å². The molecule has 1 aliphatic carbocycles. The normalized spacial score (nSPS) is 31.8. The third kappa shape index (κ3) is 5.24. The minimum atomic E-state index is -1.65. The molecule has 2 fully saturated rings. The van der Waals surface area contributed by atoms with Crippen molar-refractivity contribution >= 4 is 11.9 Å². The van der Waals surface area contributed by atoms with Gasteiger partial charge in [0.25, 0.3) is 0 Å². The van der Waals surface area contributed by atoms with E-state index in [1.54, 1.807) is 6.92 Å². The molecule has 2 N–H and O–H groups in total. The maximum Gasteiger partial charge on any atom is 0.347 e. The van der Waals surface area contributed by atoms with Gasteiger partial charge in [0.15, 0.2) is 11.9 Å². The standard InChI is InChI=1S/C18H29N5O4/c1-3-26-17(24)11(2)27-18(25)15-9-14-8-12(4-6-13(14)10-19-15)5-7-16-20-22-23-21-16/h11-15,19H,3-10H2,1-2H3,(H,20,21,22,23)/t11-,12-,13+,14-,15+/m1/s1/i10D2. The van der Waals surface area contributed by atoms with Crippen molar-refractivity contribution in [2.24, 2.45) is 17.8 Å². The average Bonchev–Trinajstić information content (AvgIpc) is 3.19. The summed E-state index contributed by atoms with van der Waals surface area (Å²) in [6.45, 7) is 1.70. The van der Waals surface area contributed by atoms with Gasteiger partial charge in [0, 0.05) is 9.16 Å². The Bertz CT molecular complexity index is 702. The van der Waals surface area contributed by atoms with Gasteiger partial charge in [-0.3, -0.25) is 4.79 Å². The summed E-state index contributed by atoms with van der Waals surface area (Å²) in [5.74, 6) is -0.166. The van der Waals surface area contributed by atoms with Crippen LogP contribution in [0.2, 0.25) is 0 Å². The molecule has 9 nitrogen and oxygen atoms in total. The number of hydrogen-bond donors (Lipinski definition) is 2. The molecule has 1 aromatic heterocycles. The van der Waals surface area contributed by atoms with Crippen molar-refractivity contribution in [1.82, 2.24) is 25.9 Å². The van der Waals surface area contributed by atoms with Crippen LogP contribution in [0.1, 0.15) is 54.5 Å². The van der Waals surface area contributed by atoms with E-state index in [0.29, 0.717) is 18.2 Å². The first-order valence-electron chi connectivity index (χ1n) is 10.7. The molecule has 2 heterocycles. The molecule has 0 aromatic carbocycles. The van der Waals surface area contributed by atoms with E-state index in [4.69, 9.17) is 12.2 Å². The Hall–Kier alpha value is -2.03. The molecule has 9 heteroatoms. The smallest absolute Gasteiger partial charge is 0.347 e. The predicted octanol–water partition coefficient (Wildman–Crippen LogP) is 1.02. The van der Waals surface area contributed by atoms with Gasteiger partial charge >= 0.3 is 11.9 Å². The van der Waals surface area contributed by atoms with E-state index in [2.05, 4.69) is 25.9 Å². The highest BCUT2D eigenvalue weighted by atomic mass is 16.6. The third-order valence-electron chi connectivity index (χ3n) is 5.43. The maximum atomic E-state index is 12.6. The van der Waals surface area contributed by atoms with Gasteiger partial charge < -0.3 is 14.8 Å². The Balaban J connectivity index is 1.58. The summed E-state index contributed by atoms with van der Waals surface area (Å²) >= 11 is 0. The molecule has 0 radical (unpaired) electrons. The third-order valence-corrected chi connectivity index (χ3v) is 5.43. The van der Waals surface area contributed by atoms with E-state index in [1.165, 1.54) is 6.92 Å². The van der Waals surface area contributed by atoms with Gasteiger partial charge in [-0.25, -0.2) is 4.79 Å². The number of aryl methyl sites for hydroxylation is 1. The number of aromatic nitrogens is 4. The highest BCUT2D eigenvalue weighted by molar-refractivity contribution is 5.81. The molecule has 1 aromatic rings. The van der Waals surface area contributed by atoms with Crippen LogP contribution >= 0.6 is 0 Å². The fourth-order valence-corrected chi connectivity index (χ4v) is 3.98. The molecular formula is C18H29N5O4. The maximum absolute atomic E-state index is 12.6. The quantitative estimate of drug-likeness (QED) is 0.672. The van der Waals surface area contributed by atoms with Crippen molar-refractivity contribution in [2.75, 3.05) is 13.1 Å². The van der Waals surface area contributed by atoms with Crippen LogP contribution in [0.5, 0.6) is 0 Å². The van der Waals surface area contributed by atoms with Crippen molar-refractivity contribution in [2.45, 2.75) is 64.5 Å². The monoisotopic (exact) mass is 381 g/mol. The molecular weight excluding hydrogens is 350 g/mol. The topological polar surface area (TPSA) is 119 Å². The number of carbonyl (C=O) groups is 2. The molecule has 3 rings (SSSR count). The zero-order valence-electron chi connectivity index (χ0n) is 17.8. The van der Waals surface area contributed by atoms with Gasteiger partial charge in [-0.05, 0) is 63.8 Å². The summed E-state index contributed by atoms with van der Waals surface area (Å²) in [6, 6.07) is -0.779. The molecule has 150 valence electrons. The van der Waals surface area contributed by atoms with Gasteiger partial charge in [-0.15, -0.1) is 10.2 Å². The number of carbonyl (C=O) groups excluding carboxylic acids is 2. The molecule has 0 unspecified atom stereocenters. The number of nitrogens with one attached hydrogen (secondary N) is 2. The van der Waals surface area contributed by atoms with Gasteiger partial charge in [-0.2, -0.15) is 5.21 Å². The molecule has 0 spiro atoms. The molecule has 27 heavy (non-hydrogen) atoms. The van der Waals surface area contributed by atoms with Crippen molar-refractivity contribution < 1.29 is 21.8 Å². The van der Waals surface area contributed by atoms with E-state index >= 15 is 0 Å². The summed E-state index contributed by atoms with van der Waals surface area (Å²) in [5.41, 5.74) is 0. The van der Waals surface area contributed by atoms with Crippen LogP contribution in [-0.2, 0) is 25.5 Å². The zero-order valence-corrected chi connectivity index (χ0v) is 15.8. The van der Waals surface area contributed by atoms with Gasteiger partial charge in [0.05, 0.1) is 6.61 Å². The number of rotatable bonds is 7. The summed E-state index contributed by atoms with van der Waals surface area (Å²) < 4.78 is 26.9. The highest BCUT2D eigenvalue weighted by Crippen LogP contribution is 2.40. The number of aromatic amines is 1. The fraction of sp³-hybridized carbons (Fsp3) is 0.833. The van der Waals surface area contributed by atoms with Crippen molar-refractivity contribution in [3.63, 3.8) is 0 Å². The summed E-state index contributed by atoms with van der Waals surface area (Å²) in [4.78, 5) is 24.3. The second-order valence-electron chi connectivity index (χ2n) is 7.32. The number of nitrogens with zero attached hydrogens (tertiary/aromatic N) is 3. The number of H-pyrrole nitrogens is 1. The SMILES string of the molecule is [2H]C1([2H])N[C@H](C(=O)O[C@H](C)C(=O)OCC)C[C@H]2C[C@@H](CCc3nn[nH]n3)CC[C@H]21. The molecule has 1 aliphatic heterocycles. The van der Waals surface area contributed by atoms with Gasteiger partial charge in [0.2, 0.25) is 0 Å². The Morgan fingerprint density at radius 2 is 2.19 bits per heavy atom. The Morgan fingerprint density at radius 3 is 2.93 bits per heavy atom. The second kappa shape index (κ2) is 9.25. The van der Waals surface area contributed by atoms with Crippen LogP contribution in [0.15, 0.2) is 0 Å². The molecule has 1 saturated carbocycles. The largest absolute Gasteiger partial charge is 0.463 e. The van der Waals surface area contributed by atoms with E-state index in [0.717, 1.165) is 32.1 Å². The van der Waals surface area contributed by atoms with Gasteiger partial charge in [0.1, 0.15) is 6.04 Å². The van der Waals surface area contributed by atoms with Crippen molar-refractivity contribution in [3.8, 4) is 0 Å². The first-order valence-corrected chi connectivity index (χ1v) is 9.67. The number of ether oxygens (including phenoxy) is 2. The second-order valence-corrected chi connectivity index (χ2v) is 7.32. The molecule has 5 atom stereocenters. The van der Waals surface area contributed by atoms with E-state index in [-0.39, 0.29) is 18.4 Å². The van der Waals surface area contributed by atoms with Gasteiger partial charge in [-0.1, -0.05) is 11.6 Å². The summed E-state index contributed by atoms with van der Waals surface area (Å²) in [5, 5.41) is 16.8. The summed E-state index contributed by atoms with van der Waals surface area (Å²) in [6.07, 6.45) is 3.68. The highest BCUT2D eigenvalue weighted by Gasteiger charge is 2.38. The van der Waals surface area contributed by atoms with Crippen molar-refractivity contribution in [3.05, 3.63) is 5.82 Å². The number of piperidine rings is 1. The number of hydrogen-bond acceptors (Lipinski definition) is 8. The molecule has 1 saturated heterocycles. The predicted molar refractivity (Wildman–Crippen MR) is 95.4 cm³/mol. The Labute approximate surface area is 161 Å². The lowest BCUT2D eigenvalue weighted by Crippen LogP contribution is -2.51.